The molecule has 0 saturated heterocycles. The molecule has 4 nitrogen and oxygen atoms in total. The Morgan fingerprint density at radius 2 is 2.07 bits per heavy atom. The van der Waals surface area contributed by atoms with Gasteiger partial charge in [-0.2, -0.15) is 0 Å². The molecule has 0 aromatic rings. The van der Waals surface area contributed by atoms with Gasteiger partial charge in [0.05, 0.1) is 6.10 Å². The van der Waals surface area contributed by atoms with E-state index in [1.165, 1.54) is 37.6 Å². The number of ketones is 1. The molecule has 1 amide bonds. The van der Waals surface area contributed by atoms with Gasteiger partial charge in [-0.1, -0.05) is 68.9 Å². The minimum absolute atomic E-state index is 0.0336. The molecule has 29 heavy (non-hydrogen) atoms. The molecule has 1 aliphatic carbocycles. The predicted octanol–water partition coefficient (Wildman–Crippen LogP) is 6.01. The molecule has 1 atom stereocenters. The van der Waals surface area contributed by atoms with Crippen LogP contribution in [0, 0.1) is 0 Å². The Labute approximate surface area is 181 Å². The molecule has 1 N–H and O–H groups in total. The van der Waals surface area contributed by atoms with Crippen LogP contribution in [0.3, 0.4) is 0 Å². The number of ether oxygens (including phenoxy) is 1. The van der Waals surface area contributed by atoms with Crippen LogP contribution in [0.4, 0.5) is 0 Å². The Kier molecular flexibility index (Phi) is 14.5. The number of carbonyl (C=O) groups is 2. The number of allylic oxidation sites excluding steroid dienone is 2. The first-order chi connectivity index (χ1) is 14.1. The van der Waals surface area contributed by atoms with Crippen molar-refractivity contribution in [3.63, 3.8) is 0 Å². The van der Waals surface area contributed by atoms with E-state index < -0.39 is 0 Å². The van der Waals surface area contributed by atoms with E-state index in [4.69, 9.17) is 16.3 Å². The van der Waals surface area contributed by atoms with Crippen molar-refractivity contribution in [1.29, 1.82) is 0 Å². The molecule has 164 valence electrons. The smallest absolute Gasteiger partial charge is 0.220 e. The van der Waals surface area contributed by atoms with Crippen LogP contribution in [0.15, 0.2) is 34.9 Å². The van der Waals surface area contributed by atoms with Gasteiger partial charge in [0.15, 0.2) is 5.78 Å². The van der Waals surface area contributed by atoms with E-state index in [-0.39, 0.29) is 17.8 Å². The van der Waals surface area contributed by atoms with Gasteiger partial charge in [-0.25, -0.2) is 0 Å². The number of carbonyl (C=O) groups excluding carboxylic acids is 2. The average molecular weight is 424 g/mol. The van der Waals surface area contributed by atoms with Crippen molar-refractivity contribution < 1.29 is 14.3 Å². The quantitative estimate of drug-likeness (QED) is 0.259. The Morgan fingerprint density at radius 1 is 1.28 bits per heavy atom. The van der Waals surface area contributed by atoms with Gasteiger partial charge >= 0.3 is 0 Å². The van der Waals surface area contributed by atoms with Gasteiger partial charge < -0.3 is 10.1 Å². The van der Waals surface area contributed by atoms with E-state index in [0.29, 0.717) is 37.0 Å². The summed E-state index contributed by atoms with van der Waals surface area (Å²) in [6, 6.07) is 0. The molecule has 0 heterocycles. The number of unbranched alkanes of at least 4 members (excludes halogenated alkanes) is 4. The first-order valence-corrected chi connectivity index (χ1v) is 11.5. The number of hydrogen-bond donors (Lipinski definition) is 1. The largest absolute Gasteiger partial charge is 0.381 e. The summed E-state index contributed by atoms with van der Waals surface area (Å²) in [5.74, 6) is 0.0760. The van der Waals surface area contributed by atoms with E-state index in [0.717, 1.165) is 25.7 Å². The second-order valence-electron chi connectivity index (χ2n) is 7.65. The fourth-order valence-corrected chi connectivity index (χ4v) is 3.62. The van der Waals surface area contributed by atoms with E-state index in [1.54, 1.807) is 7.11 Å². The molecule has 0 bridgehead atoms. The van der Waals surface area contributed by atoms with Crippen molar-refractivity contribution in [2.75, 3.05) is 13.7 Å². The molecule has 1 rings (SSSR count). The normalized spacial score (nSPS) is 16.2. The molecule has 0 saturated carbocycles. The zero-order valence-electron chi connectivity index (χ0n) is 18.2. The van der Waals surface area contributed by atoms with Gasteiger partial charge in [-0.05, 0) is 37.7 Å². The lowest BCUT2D eigenvalue weighted by molar-refractivity contribution is -0.121. The highest BCUT2D eigenvalue weighted by molar-refractivity contribution is 6.26. The number of amides is 1. The Bertz CT molecular complexity index is 581. The molecule has 1 aliphatic rings. The van der Waals surface area contributed by atoms with Crippen LogP contribution in [0.2, 0.25) is 0 Å². The van der Waals surface area contributed by atoms with Crippen molar-refractivity contribution in [3.8, 4) is 0 Å². The van der Waals surface area contributed by atoms with E-state index in [1.807, 2.05) is 12.2 Å². The van der Waals surface area contributed by atoms with Crippen LogP contribution in [-0.4, -0.2) is 31.4 Å². The Morgan fingerprint density at radius 3 is 2.76 bits per heavy atom. The SMILES string of the molecule is CCCCCCC[C@@H](C/C=C/CCC(=O)NC/C(=C/Cl)C1=CCCCC1=O)OC. The molecule has 0 radical (unpaired) electrons. The summed E-state index contributed by atoms with van der Waals surface area (Å²) in [7, 11) is 1.77. The summed E-state index contributed by atoms with van der Waals surface area (Å²) in [4.78, 5) is 24.0. The maximum Gasteiger partial charge on any atom is 0.220 e. The van der Waals surface area contributed by atoms with Crippen molar-refractivity contribution in [1.82, 2.24) is 5.32 Å². The maximum atomic E-state index is 12.1. The predicted molar refractivity (Wildman–Crippen MR) is 121 cm³/mol. The van der Waals surface area contributed by atoms with Gasteiger partial charge in [0.2, 0.25) is 5.91 Å². The lowest BCUT2D eigenvalue weighted by atomic mass is 9.93. The maximum absolute atomic E-state index is 12.1. The molecule has 0 aromatic carbocycles. The molecular weight excluding hydrogens is 386 g/mol. The average Bonchev–Trinajstić information content (AvgIpc) is 2.73. The first-order valence-electron chi connectivity index (χ1n) is 11.1. The van der Waals surface area contributed by atoms with E-state index in [2.05, 4.69) is 18.3 Å². The van der Waals surface area contributed by atoms with Gasteiger partial charge in [0, 0.05) is 37.6 Å². The fraction of sp³-hybridized carbons (Fsp3) is 0.667. The fourth-order valence-electron chi connectivity index (χ4n) is 3.43. The third-order valence-electron chi connectivity index (χ3n) is 5.28. The monoisotopic (exact) mass is 423 g/mol. The molecule has 0 aromatic heterocycles. The standard InChI is InChI=1S/C24H38ClNO3/c1-3-4-5-6-8-13-21(29-2)14-9-7-10-17-24(28)26-19-20(18-25)22-15-11-12-16-23(22)27/h7,9,15,18,21H,3-6,8,10-14,16-17,19H2,1-2H3,(H,26,28)/b9-7+,20-18-/t21-/m0/s1. The number of halogens is 1. The van der Waals surface area contributed by atoms with Gasteiger partial charge in [0.1, 0.15) is 0 Å². The highest BCUT2D eigenvalue weighted by Gasteiger charge is 2.17. The topological polar surface area (TPSA) is 55.4 Å². The zero-order chi connectivity index (χ0) is 21.3. The molecule has 0 fully saturated rings. The highest BCUT2D eigenvalue weighted by Crippen LogP contribution is 2.21. The lowest BCUT2D eigenvalue weighted by Crippen LogP contribution is -2.27. The number of Topliss-reactive ketones (excluding diaryl/α,β-unsaturated/α-hetero) is 1. The molecule has 0 aliphatic heterocycles. The molecule has 0 spiro atoms. The lowest BCUT2D eigenvalue weighted by Gasteiger charge is -2.15. The summed E-state index contributed by atoms with van der Waals surface area (Å²) >= 11 is 5.87. The number of hydrogen-bond acceptors (Lipinski definition) is 3. The van der Waals surface area contributed by atoms with Gasteiger partial charge in [-0.15, -0.1) is 0 Å². The third-order valence-corrected chi connectivity index (χ3v) is 5.54. The molecule has 0 unspecified atom stereocenters. The van der Waals surface area contributed by atoms with Crippen molar-refractivity contribution in [3.05, 3.63) is 34.9 Å². The van der Waals surface area contributed by atoms with Crippen molar-refractivity contribution in [2.24, 2.45) is 0 Å². The van der Waals surface area contributed by atoms with Gasteiger partial charge in [0.25, 0.3) is 0 Å². The van der Waals surface area contributed by atoms with E-state index in [9.17, 15) is 9.59 Å². The van der Waals surface area contributed by atoms with Crippen LogP contribution >= 0.6 is 11.6 Å². The molecular formula is C24H38ClNO3. The summed E-state index contributed by atoms with van der Waals surface area (Å²) in [6.07, 6.45) is 18.2. The van der Waals surface area contributed by atoms with Crippen LogP contribution in [-0.2, 0) is 14.3 Å². The number of methoxy groups -OCH3 is 1. The third kappa shape index (κ3) is 11.4. The van der Waals surface area contributed by atoms with Crippen LogP contribution in [0.5, 0.6) is 0 Å². The summed E-state index contributed by atoms with van der Waals surface area (Å²) < 4.78 is 5.55. The first kappa shape index (κ1) is 25.6. The van der Waals surface area contributed by atoms with Crippen LogP contribution in [0.25, 0.3) is 0 Å². The molecule has 5 heteroatoms. The second-order valence-corrected chi connectivity index (χ2v) is 7.87. The minimum atomic E-state index is -0.0336. The summed E-state index contributed by atoms with van der Waals surface area (Å²) in [6.45, 7) is 2.53. The van der Waals surface area contributed by atoms with Crippen molar-refractivity contribution >= 4 is 23.3 Å². The zero-order valence-corrected chi connectivity index (χ0v) is 18.9. The Balaban J connectivity index is 2.21. The summed E-state index contributed by atoms with van der Waals surface area (Å²) in [5.41, 5.74) is 2.76. The summed E-state index contributed by atoms with van der Waals surface area (Å²) in [5, 5.41) is 2.86. The van der Waals surface area contributed by atoms with E-state index >= 15 is 0 Å². The van der Waals surface area contributed by atoms with Crippen LogP contribution in [0.1, 0.15) is 84.0 Å². The minimum Gasteiger partial charge on any atom is -0.381 e. The number of rotatable bonds is 15. The Hall–Kier alpha value is -1.39. The number of nitrogens with one attached hydrogen (secondary N) is 1. The second kappa shape index (κ2) is 16.4. The highest BCUT2D eigenvalue weighted by atomic mass is 35.5. The van der Waals surface area contributed by atoms with Crippen molar-refractivity contribution in [2.45, 2.75) is 90.1 Å². The van der Waals surface area contributed by atoms with Crippen LogP contribution < -0.4 is 5.32 Å². The van der Waals surface area contributed by atoms with Gasteiger partial charge in [-0.3, -0.25) is 9.59 Å².